The highest BCUT2D eigenvalue weighted by atomic mass is 16.2. The van der Waals surface area contributed by atoms with Crippen LogP contribution < -0.4 is 10.2 Å². The minimum Gasteiger partial charge on any atom is -0.370 e. The summed E-state index contributed by atoms with van der Waals surface area (Å²) in [5, 5.41) is 3.27. The third-order valence-corrected chi connectivity index (χ3v) is 7.21. The number of likely N-dealkylation sites (tertiary alicyclic amines) is 2. The molecular formula is C24H40N6O. The molecule has 0 unspecified atom stereocenters. The zero-order valence-electron chi connectivity index (χ0n) is 19.3. The van der Waals surface area contributed by atoms with Crippen LogP contribution in [0.2, 0.25) is 0 Å². The number of aromatic nitrogens is 2. The number of nitrogens with one attached hydrogen (secondary N) is 1. The topological polar surface area (TPSA) is 64.6 Å². The lowest BCUT2D eigenvalue weighted by Gasteiger charge is -2.36. The van der Waals surface area contributed by atoms with Gasteiger partial charge in [0.1, 0.15) is 18.0 Å². The molecule has 1 amide bonds. The Morgan fingerprint density at radius 1 is 1.03 bits per heavy atom. The van der Waals surface area contributed by atoms with Crippen molar-refractivity contribution in [2.45, 2.75) is 58.3 Å². The van der Waals surface area contributed by atoms with E-state index in [4.69, 9.17) is 0 Å². The van der Waals surface area contributed by atoms with Crippen molar-refractivity contribution in [1.82, 2.24) is 19.8 Å². The molecule has 0 saturated carbocycles. The highest BCUT2D eigenvalue weighted by molar-refractivity contribution is 5.76. The van der Waals surface area contributed by atoms with Gasteiger partial charge in [0.15, 0.2) is 0 Å². The van der Waals surface area contributed by atoms with Crippen LogP contribution in [0.25, 0.3) is 0 Å². The molecule has 0 aliphatic carbocycles. The second-order valence-corrected chi connectivity index (χ2v) is 9.64. The minimum atomic E-state index is 0.375. The molecule has 3 aliphatic heterocycles. The molecule has 7 nitrogen and oxygen atoms in total. The Morgan fingerprint density at radius 3 is 2.68 bits per heavy atom. The molecule has 2 atom stereocenters. The summed E-state index contributed by atoms with van der Waals surface area (Å²) >= 11 is 0. The molecule has 172 valence electrons. The predicted octanol–water partition coefficient (Wildman–Crippen LogP) is 3.24. The molecule has 7 heteroatoms. The SMILES string of the molecule is CCNc1cc(N2CCC[C@H](CCC(=O)N3CCC[C@@H](CN4CCCC4)C3)C2)ncn1. The first kappa shape index (κ1) is 22.3. The Balaban J connectivity index is 1.23. The van der Waals surface area contributed by atoms with Crippen LogP contribution in [0.15, 0.2) is 12.4 Å². The van der Waals surface area contributed by atoms with E-state index in [2.05, 4.69) is 36.9 Å². The number of carbonyl (C=O) groups excluding carboxylic acids is 1. The maximum Gasteiger partial charge on any atom is 0.222 e. The van der Waals surface area contributed by atoms with Crippen LogP contribution in [-0.2, 0) is 4.79 Å². The smallest absolute Gasteiger partial charge is 0.222 e. The van der Waals surface area contributed by atoms with Gasteiger partial charge in [-0.3, -0.25) is 4.79 Å². The van der Waals surface area contributed by atoms with Gasteiger partial charge >= 0.3 is 0 Å². The van der Waals surface area contributed by atoms with Crippen molar-refractivity contribution in [2.75, 3.05) is 62.6 Å². The number of amides is 1. The standard InChI is InChI=1S/C24H40N6O/c1-2-25-22-15-23(27-19-26-22)29-13-5-7-20(17-29)9-10-24(31)30-14-6-8-21(18-30)16-28-11-3-4-12-28/h15,19-21H,2-14,16-18H2,1H3,(H,25,26,27)/t20-,21+/m1/s1. The van der Waals surface area contributed by atoms with Gasteiger partial charge in [-0.25, -0.2) is 9.97 Å². The van der Waals surface area contributed by atoms with Gasteiger partial charge in [0.25, 0.3) is 0 Å². The molecule has 3 saturated heterocycles. The van der Waals surface area contributed by atoms with Crippen LogP contribution in [-0.4, -0.2) is 78.0 Å². The third kappa shape index (κ3) is 6.31. The number of hydrogen-bond donors (Lipinski definition) is 1. The lowest BCUT2D eigenvalue weighted by molar-refractivity contribution is -0.133. The molecule has 1 aromatic heterocycles. The van der Waals surface area contributed by atoms with Gasteiger partial charge in [-0.05, 0) is 76.8 Å². The van der Waals surface area contributed by atoms with Gasteiger partial charge in [0.2, 0.25) is 5.91 Å². The molecule has 0 spiro atoms. The summed E-state index contributed by atoms with van der Waals surface area (Å²) in [7, 11) is 0. The monoisotopic (exact) mass is 428 g/mol. The van der Waals surface area contributed by atoms with E-state index in [0.29, 0.717) is 24.2 Å². The summed E-state index contributed by atoms with van der Waals surface area (Å²) in [6.45, 7) is 10.6. The van der Waals surface area contributed by atoms with E-state index in [1.165, 1.54) is 58.2 Å². The van der Waals surface area contributed by atoms with Crippen LogP contribution in [0, 0.1) is 11.8 Å². The Bertz CT molecular complexity index is 707. The number of rotatable bonds is 8. The third-order valence-electron chi connectivity index (χ3n) is 7.21. The summed E-state index contributed by atoms with van der Waals surface area (Å²) in [5.74, 6) is 3.51. The zero-order valence-corrected chi connectivity index (χ0v) is 19.3. The van der Waals surface area contributed by atoms with E-state index < -0.39 is 0 Å². The Labute approximate surface area is 187 Å². The van der Waals surface area contributed by atoms with E-state index in [-0.39, 0.29) is 0 Å². The highest BCUT2D eigenvalue weighted by Gasteiger charge is 2.27. The fraction of sp³-hybridized carbons (Fsp3) is 0.792. The van der Waals surface area contributed by atoms with Gasteiger partial charge in [-0.15, -0.1) is 0 Å². The van der Waals surface area contributed by atoms with Crippen molar-refractivity contribution >= 4 is 17.5 Å². The van der Waals surface area contributed by atoms with E-state index in [0.717, 1.165) is 50.8 Å². The lowest BCUT2D eigenvalue weighted by Crippen LogP contribution is -2.43. The van der Waals surface area contributed by atoms with Crippen molar-refractivity contribution in [3.05, 3.63) is 12.4 Å². The van der Waals surface area contributed by atoms with Crippen molar-refractivity contribution < 1.29 is 4.79 Å². The first-order valence-electron chi connectivity index (χ1n) is 12.5. The Morgan fingerprint density at radius 2 is 1.84 bits per heavy atom. The van der Waals surface area contributed by atoms with Crippen molar-refractivity contribution in [1.29, 1.82) is 0 Å². The summed E-state index contributed by atoms with van der Waals surface area (Å²) in [4.78, 5) is 28.9. The number of carbonyl (C=O) groups is 1. The van der Waals surface area contributed by atoms with E-state index in [1.54, 1.807) is 6.33 Å². The molecule has 0 radical (unpaired) electrons. The van der Waals surface area contributed by atoms with Gasteiger partial charge < -0.3 is 20.0 Å². The quantitative estimate of drug-likeness (QED) is 0.686. The maximum absolute atomic E-state index is 13.0. The van der Waals surface area contributed by atoms with Crippen LogP contribution >= 0.6 is 0 Å². The number of nitrogens with zero attached hydrogens (tertiary/aromatic N) is 5. The minimum absolute atomic E-state index is 0.375. The van der Waals surface area contributed by atoms with Crippen LogP contribution in [0.5, 0.6) is 0 Å². The maximum atomic E-state index is 13.0. The normalized spacial score (nSPS) is 25.1. The molecule has 4 heterocycles. The first-order chi connectivity index (χ1) is 15.2. The lowest BCUT2D eigenvalue weighted by atomic mass is 9.92. The molecule has 3 aliphatic rings. The molecule has 0 aromatic carbocycles. The van der Waals surface area contributed by atoms with Crippen molar-refractivity contribution in [2.24, 2.45) is 11.8 Å². The Kier molecular flexibility index (Phi) is 8.00. The Hall–Kier alpha value is -1.89. The van der Waals surface area contributed by atoms with Gasteiger partial charge in [0, 0.05) is 51.8 Å². The van der Waals surface area contributed by atoms with Crippen LogP contribution in [0.3, 0.4) is 0 Å². The number of piperidine rings is 2. The fourth-order valence-electron chi connectivity index (χ4n) is 5.56. The summed E-state index contributed by atoms with van der Waals surface area (Å²) in [6, 6.07) is 2.05. The molecule has 1 N–H and O–H groups in total. The summed E-state index contributed by atoms with van der Waals surface area (Å²) < 4.78 is 0. The van der Waals surface area contributed by atoms with Gasteiger partial charge in [0.05, 0.1) is 0 Å². The van der Waals surface area contributed by atoms with E-state index in [9.17, 15) is 4.79 Å². The fourth-order valence-corrected chi connectivity index (χ4v) is 5.56. The van der Waals surface area contributed by atoms with Gasteiger partial charge in [-0.1, -0.05) is 0 Å². The number of hydrogen-bond acceptors (Lipinski definition) is 6. The second-order valence-electron chi connectivity index (χ2n) is 9.64. The largest absolute Gasteiger partial charge is 0.370 e. The predicted molar refractivity (Wildman–Crippen MR) is 125 cm³/mol. The molecule has 4 rings (SSSR count). The first-order valence-corrected chi connectivity index (χ1v) is 12.5. The second kappa shape index (κ2) is 11.1. The van der Waals surface area contributed by atoms with E-state index in [1.807, 2.05) is 6.07 Å². The molecule has 31 heavy (non-hydrogen) atoms. The molecule has 0 bridgehead atoms. The van der Waals surface area contributed by atoms with Crippen molar-refractivity contribution in [3.8, 4) is 0 Å². The number of anilines is 2. The highest BCUT2D eigenvalue weighted by Crippen LogP contribution is 2.27. The van der Waals surface area contributed by atoms with Crippen molar-refractivity contribution in [3.63, 3.8) is 0 Å². The molecule has 1 aromatic rings. The summed E-state index contributed by atoms with van der Waals surface area (Å²) in [6.07, 6.45) is 10.9. The molecular weight excluding hydrogens is 388 g/mol. The van der Waals surface area contributed by atoms with Gasteiger partial charge in [-0.2, -0.15) is 0 Å². The van der Waals surface area contributed by atoms with Crippen LogP contribution in [0.4, 0.5) is 11.6 Å². The van der Waals surface area contributed by atoms with Crippen LogP contribution in [0.1, 0.15) is 58.3 Å². The molecule has 3 fully saturated rings. The van der Waals surface area contributed by atoms with E-state index >= 15 is 0 Å². The summed E-state index contributed by atoms with van der Waals surface area (Å²) in [5.41, 5.74) is 0. The average Bonchev–Trinajstić information content (AvgIpc) is 3.31. The zero-order chi connectivity index (χ0) is 21.5. The average molecular weight is 429 g/mol.